The van der Waals surface area contributed by atoms with Gasteiger partial charge in [-0.05, 0) is 33.5 Å². The Morgan fingerprint density at radius 1 is 1.36 bits per heavy atom. The second kappa shape index (κ2) is 6.57. The first-order valence-electron chi connectivity index (χ1n) is 6.99. The number of carbonyl (C=O) groups is 1. The minimum Gasteiger partial charge on any atom is -0.805 e. The van der Waals surface area contributed by atoms with E-state index >= 15 is 0 Å². The van der Waals surface area contributed by atoms with Crippen LogP contribution in [0, 0.1) is 17.0 Å². The van der Waals surface area contributed by atoms with Gasteiger partial charge in [-0.2, -0.15) is 0 Å². The molecule has 2 rings (SSSR count). The van der Waals surface area contributed by atoms with E-state index in [4.69, 9.17) is 4.74 Å². The number of aromatic nitrogens is 2. The molecule has 0 bridgehead atoms. The molecule has 0 saturated heterocycles. The van der Waals surface area contributed by atoms with Gasteiger partial charge < -0.3 is 19.6 Å². The maximum absolute atomic E-state index is 12.3. The van der Waals surface area contributed by atoms with Crippen LogP contribution in [0.5, 0.6) is 0 Å². The average Bonchev–Trinajstić information content (AvgIpc) is 2.49. The van der Waals surface area contributed by atoms with E-state index in [1.165, 1.54) is 19.1 Å². The molecule has 1 aromatic heterocycles. The first-order valence-corrected chi connectivity index (χ1v) is 6.99. The van der Waals surface area contributed by atoms with E-state index in [2.05, 4.69) is 0 Å². The van der Waals surface area contributed by atoms with Gasteiger partial charge >= 0.3 is 11.7 Å². The van der Waals surface area contributed by atoms with Crippen LogP contribution in [-0.2, 0) is 4.74 Å². The lowest BCUT2D eigenvalue weighted by molar-refractivity contribution is -0.469. The quantitative estimate of drug-likeness (QED) is 0.473. The molecule has 0 unspecified atom stereocenters. The largest absolute Gasteiger partial charge is 0.805 e. The first kappa shape index (κ1) is 16.0. The molecule has 0 fully saturated rings. The average molecular weight is 305 g/mol. The first-order chi connectivity index (χ1) is 10.4. The zero-order valence-electron chi connectivity index (χ0n) is 12.9. The van der Waals surface area contributed by atoms with Gasteiger partial charge in [-0.3, -0.25) is 0 Å². The van der Waals surface area contributed by atoms with Crippen LogP contribution in [0.4, 0.5) is 0 Å². The minimum absolute atomic E-state index is 0.0336. The number of hydrogen-bond donors (Lipinski definition) is 0. The summed E-state index contributed by atoms with van der Waals surface area (Å²) in [5.41, 5.74) is 0.132. The van der Waals surface area contributed by atoms with E-state index in [9.17, 15) is 14.9 Å². The smallest absolute Gasteiger partial charge is 0.410 e. The maximum Gasteiger partial charge on any atom is 0.410 e. The molecule has 1 aromatic carbocycles. The Bertz CT molecular complexity index is 752. The minimum atomic E-state index is -0.776. The van der Waals surface area contributed by atoms with Gasteiger partial charge in [-0.1, -0.05) is 12.1 Å². The monoisotopic (exact) mass is 305 g/mol. The molecular formula is C15H19N3O4. The van der Waals surface area contributed by atoms with Crippen LogP contribution in [0.25, 0.3) is 11.0 Å². The number of rotatable bonds is 5. The highest BCUT2D eigenvalue weighted by Crippen LogP contribution is 2.14. The van der Waals surface area contributed by atoms with Crippen LogP contribution >= 0.6 is 0 Å². The Labute approximate surface area is 127 Å². The summed E-state index contributed by atoms with van der Waals surface area (Å²) in [6, 6.07) is 6.34. The number of carbonyl (C=O) groups excluding carboxylic acids is 1. The van der Waals surface area contributed by atoms with Crippen molar-refractivity contribution in [1.82, 2.24) is 9.63 Å². The highest BCUT2D eigenvalue weighted by molar-refractivity contribution is 5.88. The molecule has 118 valence electrons. The van der Waals surface area contributed by atoms with Crippen LogP contribution in [0.15, 0.2) is 24.3 Å². The summed E-state index contributed by atoms with van der Waals surface area (Å²) in [5.74, 6) is -0.776. The van der Waals surface area contributed by atoms with Gasteiger partial charge in [0.25, 0.3) is 5.52 Å². The van der Waals surface area contributed by atoms with Crippen LogP contribution in [0.3, 0.4) is 0 Å². The Morgan fingerprint density at radius 3 is 2.73 bits per heavy atom. The number of ether oxygens (including phenoxy) is 1. The molecule has 0 saturated carbocycles. The molecule has 0 aliphatic rings. The molecule has 0 aliphatic heterocycles. The summed E-state index contributed by atoms with van der Waals surface area (Å²) < 4.78 is 6.15. The van der Waals surface area contributed by atoms with Crippen molar-refractivity contribution in [2.75, 3.05) is 27.2 Å². The van der Waals surface area contributed by atoms with Crippen molar-refractivity contribution in [2.45, 2.75) is 13.3 Å². The molecule has 7 heteroatoms. The van der Waals surface area contributed by atoms with Crippen molar-refractivity contribution in [2.24, 2.45) is 0 Å². The Hall–Kier alpha value is -2.41. The van der Waals surface area contributed by atoms with Crippen molar-refractivity contribution >= 4 is 17.0 Å². The number of esters is 1. The van der Waals surface area contributed by atoms with E-state index < -0.39 is 5.97 Å². The Kier molecular flexibility index (Phi) is 4.77. The van der Waals surface area contributed by atoms with Gasteiger partial charge in [-0.15, -0.1) is 0 Å². The fourth-order valence-corrected chi connectivity index (χ4v) is 2.20. The molecule has 0 spiro atoms. The van der Waals surface area contributed by atoms with Crippen molar-refractivity contribution < 1.29 is 14.0 Å². The molecule has 0 radical (unpaired) electrons. The van der Waals surface area contributed by atoms with Gasteiger partial charge in [0.1, 0.15) is 5.52 Å². The summed E-state index contributed by atoms with van der Waals surface area (Å²) in [6.45, 7) is 2.40. The van der Waals surface area contributed by atoms with Crippen molar-refractivity contribution in [3.8, 4) is 0 Å². The lowest BCUT2D eigenvalue weighted by atomic mass is 10.2. The lowest BCUT2D eigenvalue weighted by Gasteiger charge is -2.16. The zero-order valence-corrected chi connectivity index (χ0v) is 12.9. The number of hydrogen-bond acceptors (Lipinski definition) is 5. The van der Waals surface area contributed by atoms with E-state index in [1.54, 1.807) is 12.1 Å². The second-order valence-electron chi connectivity index (χ2n) is 5.30. The van der Waals surface area contributed by atoms with E-state index in [-0.39, 0.29) is 29.0 Å². The topological polar surface area (TPSA) is 80.5 Å². The number of para-hydroxylation sites is 2. The summed E-state index contributed by atoms with van der Waals surface area (Å²) in [4.78, 5) is 26.4. The maximum atomic E-state index is 12.3. The van der Waals surface area contributed by atoms with Gasteiger partial charge in [0.05, 0.1) is 16.7 Å². The zero-order chi connectivity index (χ0) is 16.3. The fourth-order valence-electron chi connectivity index (χ4n) is 2.20. The summed E-state index contributed by atoms with van der Waals surface area (Å²) >= 11 is 0. The highest BCUT2D eigenvalue weighted by atomic mass is 16.5. The number of fused-ring (bicyclic) bond motifs is 1. The van der Waals surface area contributed by atoms with E-state index in [1.807, 2.05) is 19.0 Å². The summed E-state index contributed by atoms with van der Waals surface area (Å²) in [5, 5.41) is 12.2. The standard InChI is InChI=1S/C15H19N3O4/c1-11-14(15(19)22-10-6-9-16(2)3)18(21)13-8-5-4-7-12(13)17(11)20/h4-5,7-8H,6,9-10H2,1-3H3. The molecule has 1 heterocycles. The molecule has 0 N–H and O–H groups in total. The van der Waals surface area contributed by atoms with Gasteiger partial charge in [0.2, 0.25) is 0 Å². The molecule has 2 aromatic rings. The van der Waals surface area contributed by atoms with Gasteiger partial charge in [0.15, 0.2) is 0 Å². The molecule has 0 atom stereocenters. The van der Waals surface area contributed by atoms with Crippen LogP contribution < -0.4 is 4.43 Å². The molecule has 22 heavy (non-hydrogen) atoms. The van der Waals surface area contributed by atoms with E-state index in [0.29, 0.717) is 15.6 Å². The normalized spacial score (nSPS) is 11.1. The van der Waals surface area contributed by atoms with Gasteiger partial charge in [0, 0.05) is 17.5 Å². The SMILES string of the molecule is Cc1c(C(=O)OCCCN(C)C)[n+](=O)c2ccccc2n1[O-]. The van der Waals surface area contributed by atoms with Crippen molar-refractivity contribution in [3.63, 3.8) is 0 Å². The summed E-state index contributed by atoms with van der Waals surface area (Å²) in [6.07, 6.45) is 0.654. The third kappa shape index (κ3) is 3.09. The van der Waals surface area contributed by atoms with Crippen LogP contribution in [0.2, 0.25) is 0 Å². The van der Waals surface area contributed by atoms with Gasteiger partial charge in [-0.25, -0.2) is 4.79 Å². The van der Waals surface area contributed by atoms with Crippen molar-refractivity contribution in [1.29, 1.82) is 0 Å². The van der Waals surface area contributed by atoms with Crippen LogP contribution in [-0.4, -0.2) is 42.8 Å². The molecular weight excluding hydrogens is 286 g/mol. The lowest BCUT2D eigenvalue weighted by Crippen LogP contribution is -2.31. The Balaban J connectivity index is 2.31. The third-order valence-electron chi connectivity index (χ3n) is 3.35. The highest BCUT2D eigenvalue weighted by Gasteiger charge is 2.28. The number of nitrogens with zero attached hydrogens (tertiary/aromatic N) is 3. The predicted molar refractivity (Wildman–Crippen MR) is 82.3 cm³/mol. The fraction of sp³-hybridized carbons (Fsp3) is 0.400. The van der Waals surface area contributed by atoms with Crippen molar-refractivity contribution in [3.05, 3.63) is 45.8 Å². The van der Waals surface area contributed by atoms with E-state index in [0.717, 1.165) is 6.54 Å². The summed E-state index contributed by atoms with van der Waals surface area (Å²) in [7, 11) is 3.84. The van der Waals surface area contributed by atoms with Crippen LogP contribution in [0.1, 0.15) is 22.6 Å². The predicted octanol–water partition coefficient (Wildman–Crippen LogP) is 1.32. The third-order valence-corrected chi connectivity index (χ3v) is 3.35. The second-order valence-corrected chi connectivity index (χ2v) is 5.30. The molecule has 0 amide bonds. The number of benzene rings is 1. The Morgan fingerprint density at radius 2 is 2.05 bits per heavy atom. The molecule has 0 aliphatic carbocycles. The molecule has 7 nitrogen and oxygen atoms in total.